The van der Waals surface area contributed by atoms with E-state index in [0.717, 1.165) is 37.0 Å². The van der Waals surface area contributed by atoms with Crippen LogP contribution in [0.1, 0.15) is 61.8 Å². The van der Waals surface area contributed by atoms with Gasteiger partial charge in [-0.3, -0.25) is 4.98 Å². The number of benzene rings is 1. The number of anilines is 1. The molecule has 0 radical (unpaired) electrons. The average Bonchev–Trinajstić information content (AvgIpc) is 2.81. The Hall–Kier alpha value is -2.95. The first kappa shape index (κ1) is 21.3. The standard InChI is InChI=1S/C26H32N4O/c31-28-20-21-14-18-30(19-15-21)17-9-3-1-2-8-16-27-26-22-10-4-6-12-24(22)29-25-13-7-5-11-23(25)26/h4,6,10,12,14-15,18-20H,1-3,5,7-9,11,13,16-17H2,(H,27,29)/p+1. The quantitative estimate of drug-likeness (QED) is 0.155. The van der Waals surface area contributed by atoms with E-state index in [4.69, 9.17) is 10.2 Å². The molecule has 0 amide bonds. The molecular formula is C26H33N4O+. The van der Waals surface area contributed by atoms with Crippen molar-refractivity contribution in [1.82, 2.24) is 4.98 Å². The van der Waals surface area contributed by atoms with E-state index in [0.29, 0.717) is 0 Å². The molecule has 162 valence electrons. The minimum absolute atomic E-state index is 0.912. The Morgan fingerprint density at radius 3 is 2.61 bits per heavy atom. The summed E-state index contributed by atoms with van der Waals surface area (Å²) in [6, 6.07) is 12.5. The summed E-state index contributed by atoms with van der Waals surface area (Å²) in [5.74, 6) is 0. The van der Waals surface area contributed by atoms with Gasteiger partial charge in [-0.25, -0.2) is 4.57 Å². The zero-order valence-electron chi connectivity index (χ0n) is 18.3. The normalized spacial score (nSPS) is 13.5. The van der Waals surface area contributed by atoms with E-state index in [1.807, 2.05) is 24.5 Å². The number of nitrogens with zero attached hydrogens (tertiary/aromatic N) is 3. The molecule has 0 atom stereocenters. The first-order chi connectivity index (χ1) is 15.3. The molecule has 1 aliphatic carbocycles. The van der Waals surface area contributed by atoms with Gasteiger partial charge in [0.2, 0.25) is 0 Å². The molecule has 4 rings (SSSR count). The van der Waals surface area contributed by atoms with Crippen LogP contribution in [0.2, 0.25) is 0 Å². The number of rotatable bonds is 10. The molecule has 2 N–H and O–H groups in total. The molecule has 0 unspecified atom stereocenters. The number of fused-ring (bicyclic) bond motifs is 2. The van der Waals surface area contributed by atoms with Gasteiger partial charge in [0.1, 0.15) is 6.54 Å². The highest BCUT2D eigenvalue weighted by Crippen LogP contribution is 2.33. The van der Waals surface area contributed by atoms with Crippen molar-refractivity contribution >= 4 is 22.8 Å². The van der Waals surface area contributed by atoms with E-state index >= 15 is 0 Å². The summed E-state index contributed by atoms with van der Waals surface area (Å²) in [7, 11) is 0. The predicted molar refractivity (Wildman–Crippen MR) is 126 cm³/mol. The van der Waals surface area contributed by atoms with E-state index in [1.54, 1.807) is 0 Å². The van der Waals surface area contributed by atoms with Crippen LogP contribution in [0, 0.1) is 0 Å². The van der Waals surface area contributed by atoms with Gasteiger partial charge in [0, 0.05) is 47.4 Å². The summed E-state index contributed by atoms with van der Waals surface area (Å²) in [5.41, 5.74) is 6.14. The van der Waals surface area contributed by atoms with Crippen molar-refractivity contribution in [1.29, 1.82) is 0 Å². The molecule has 0 fully saturated rings. The smallest absolute Gasteiger partial charge is 0.169 e. The first-order valence-electron chi connectivity index (χ1n) is 11.7. The number of para-hydroxylation sites is 1. The summed E-state index contributed by atoms with van der Waals surface area (Å²) in [4.78, 5) is 4.93. The third kappa shape index (κ3) is 5.60. The molecule has 0 aliphatic heterocycles. The van der Waals surface area contributed by atoms with Gasteiger partial charge in [0.05, 0.1) is 11.7 Å². The average molecular weight is 418 g/mol. The van der Waals surface area contributed by atoms with Crippen LogP contribution in [0.5, 0.6) is 0 Å². The lowest BCUT2D eigenvalue weighted by Crippen LogP contribution is -2.32. The molecule has 5 nitrogen and oxygen atoms in total. The van der Waals surface area contributed by atoms with Crippen LogP contribution in [0.4, 0.5) is 5.69 Å². The van der Waals surface area contributed by atoms with Gasteiger partial charge in [0.15, 0.2) is 12.4 Å². The second kappa shape index (κ2) is 10.9. The summed E-state index contributed by atoms with van der Waals surface area (Å²) >= 11 is 0. The van der Waals surface area contributed by atoms with Crippen molar-refractivity contribution in [3.05, 3.63) is 65.6 Å². The largest absolute Gasteiger partial charge is 0.411 e. The lowest BCUT2D eigenvalue weighted by molar-refractivity contribution is -0.697. The van der Waals surface area contributed by atoms with Crippen molar-refractivity contribution in [2.24, 2.45) is 5.16 Å². The SMILES string of the molecule is O/N=C/c1cc[n+](CCCCCCCNc2c3c(nc4ccccc24)CCCC3)cc1. The van der Waals surface area contributed by atoms with Crippen molar-refractivity contribution in [3.8, 4) is 0 Å². The molecule has 3 aromatic rings. The molecule has 2 aromatic heterocycles. The maximum Gasteiger partial charge on any atom is 0.169 e. The fourth-order valence-corrected chi connectivity index (χ4v) is 4.51. The van der Waals surface area contributed by atoms with E-state index < -0.39 is 0 Å². The summed E-state index contributed by atoms with van der Waals surface area (Å²) in [6.45, 7) is 2.06. The Kier molecular flexibility index (Phi) is 7.48. The predicted octanol–water partition coefficient (Wildman–Crippen LogP) is 5.27. The number of hydrogen-bond donors (Lipinski definition) is 2. The van der Waals surface area contributed by atoms with Crippen molar-refractivity contribution < 1.29 is 9.77 Å². The van der Waals surface area contributed by atoms with Crippen LogP contribution >= 0.6 is 0 Å². The van der Waals surface area contributed by atoms with E-state index in [2.05, 4.69) is 39.3 Å². The molecule has 1 aromatic carbocycles. The van der Waals surface area contributed by atoms with E-state index in [9.17, 15) is 0 Å². The van der Waals surface area contributed by atoms with Crippen LogP contribution in [0.15, 0.2) is 53.9 Å². The molecule has 0 spiro atoms. The van der Waals surface area contributed by atoms with Crippen molar-refractivity contribution in [2.45, 2.75) is 64.3 Å². The number of aryl methyl sites for hydroxylation is 2. The highest BCUT2D eigenvalue weighted by molar-refractivity contribution is 5.93. The summed E-state index contributed by atoms with van der Waals surface area (Å²) in [5, 5.41) is 16.7. The van der Waals surface area contributed by atoms with E-state index in [-0.39, 0.29) is 0 Å². The zero-order valence-corrected chi connectivity index (χ0v) is 18.3. The minimum Gasteiger partial charge on any atom is -0.411 e. The number of hydrogen-bond acceptors (Lipinski definition) is 4. The van der Waals surface area contributed by atoms with Gasteiger partial charge in [-0.1, -0.05) is 36.2 Å². The van der Waals surface area contributed by atoms with Crippen LogP contribution in [-0.4, -0.2) is 23.0 Å². The number of nitrogens with one attached hydrogen (secondary N) is 1. The minimum atomic E-state index is 0.912. The van der Waals surface area contributed by atoms with Crippen LogP contribution in [0.25, 0.3) is 10.9 Å². The molecule has 2 heterocycles. The Morgan fingerprint density at radius 2 is 1.74 bits per heavy atom. The second-order valence-corrected chi connectivity index (χ2v) is 8.44. The van der Waals surface area contributed by atoms with E-state index in [1.165, 1.54) is 73.5 Å². The number of oxime groups is 1. The van der Waals surface area contributed by atoms with Gasteiger partial charge in [-0.05, 0) is 50.2 Å². The van der Waals surface area contributed by atoms with Crippen LogP contribution in [-0.2, 0) is 19.4 Å². The highest BCUT2D eigenvalue weighted by atomic mass is 16.4. The fraction of sp³-hybridized carbons (Fsp3) is 0.423. The van der Waals surface area contributed by atoms with Crippen molar-refractivity contribution in [3.63, 3.8) is 0 Å². The van der Waals surface area contributed by atoms with Gasteiger partial charge in [-0.15, -0.1) is 0 Å². The maximum atomic E-state index is 8.57. The molecule has 0 saturated carbocycles. The first-order valence-corrected chi connectivity index (χ1v) is 11.7. The summed E-state index contributed by atoms with van der Waals surface area (Å²) < 4.78 is 2.19. The zero-order chi connectivity index (χ0) is 21.3. The highest BCUT2D eigenvalue weighted by Gasteiger charge is 2.17. The molecular weight excluding hydrogens is 384 g/mol. The molecule has 31 heavy (non-hydrogen) atoms. The second-order valence-electron chi connectivity index (χ2n) is 8.44. The Labute approximate surface area is 184 Å². The lowest BCUT2D eigenvalue weighted by atomic mass is 9.92. The Morgan fingerprint density at radius 1 is 0.968 bits per heavy atom. The Balaban J connectivity index is 1.20. The molecule has 1 aliphatic rings. The molecule has 0 bridgehead atoms. The lowest BCUT2D eigenvalue weighted by Gasteiger charge is -2.21. The molecule has 5 heteroatoms. The van der Waals surface area contributed by atoms with Gasteiger partial charge in [0.25, 0.3) is 0 Å². The van der Waals surface area contributed by atoms with Gasteiger partial charge < -0.3 is 10.5 Å². The van der Waals surface area contributed by atoms with Gasteiger partial charge in [-0.2, -0.15) is 0 Å². The van der Waals surface area contributed by atoms with Crippen molar-refractivity contribution in [2.75, 3.05) is 11.9 Å². The summed E-state index contributed by atoms with van der Waals surface area (Å²) in [6.07, 6.45) is 16.5. The monoisotopic (exact) mass is 417 g/mol. The number of aromatic nitrogens is 2. The number of pyridine rings is 2. The number of unbranched alkanes of at least 4 members (excludes halogenated alkanes) is 4. The third-order valence-corrected chi connectivity index (χ3v) is 6.19. The Bertz CT molecular complexity index is 1010. The molecule has 0 saturated heterocycles. The maximum absolute atomic E-state index is 8.57. The van der Waals surface area contributed by atoms with Gasteiger partial charge >= 0.3 is 0 Å². The topological polar surface area (TPSA) is 61.4 Å². The third-order valence-electron chi connectivity index (χ3n) is 6.19. The van der Waals surface area contributed by atoms with Crippen LogP contribution in [0.3, 0.4) is 0 Å². The van der Waals surface area contributed by atoms with Crippen LogP contribution < -0.4 is 9.88 Å². The fourth-order valence-electron chi connectivity index (χ4n) is 4.51.